The number of rotatable bonds is 3. The number of nitrogens with one attached hydrogen (secondary N) is 1. The van der Waals surface area contributed by atoms with Crippen LogP contribution in [-0.2, 0) is 11.8 Å². The maximum absolute atomic E-state index is 6.39. The number of hydrogen-bond donors (Lipinski definition) is 1. The van der Waals surface area contributed by atoms with E-state index in [0.29, 0.717) is 5.92 Å². The van der Waals surface area contributed by atoms with Crippen LogP contribution in [0.1, 0.15) is 53.6 Å². The maximum Gasteiger partial charge on any atom is 0.145 e. The second-order valence-corrected chi connectivity index (χ2v) is 13.1. The van der Waals surface area contributed by atoms with Crippen LogP contribution in [0.25, 0.3) is 22.4 Å². The Morgan fingerprint density at radius 3 is 2.58 bits per heavy atom. The van der Waals surface area contributed by atoms with E-state index in [1.54, 1.807) is 0 Å². The molecule has 4 aliphatic rings. The predicted molar refractivity (Wildman–Crippen MR) is 186 cm³/mol. The zero-order valence-corrected chi connectivity index (χ0v) is 25.5. The Kier molecular flexibility index (Phi) is 5.80. The molecule has 0 radical (unpaired) electrons. The van der Waals surface area contributed by atoms with Gasteiger partial charge in [0.05, 0.1) is 11.1 Å². The van der Waals surface area contributed by atoms with Crippen molar-refractivity contribution in [3.63, 3.8) is 0 Å². The van der Waals surface area contributed by atoms with Gasteiger partial charge in [0.25, 0.3) is 0 Å². The van der Waals surface area contributed by atoms with Gasteiger partial charge in [0.1, 0.15) is 17.7 Å². The largest absolute Gasteiger partial charge is 0.460 e. The number of nitrogens with zero attached hydrogens (tertiary/aromatic N) is 1. The molecule has 218 valence electrons. The number of allylic oxidation sites excluding steroid dienone is 3. The first kappa shape index (κ1) is 26.3. The van der Waals surface area contributed by atoms with Gasteiger partial charge in [-0.25, -0.2) is 0 Å². The number of ether oxygens (including phenoxy) is 1. The van der Waals surface area contributed by atoms with Crippen molar-refractivity contribution in [2.75, 3.05) is 5.32 Å². The van der Waals surface area contributed by atoms with E-state index in [-0.39, 0.29) is 11.6 Å². The van der Waals surface area contributed by atoms with E-state index in [1.165, 1.54) is 49.7 Å². The van der Waals surface area contributed by atoms with Crippen LogP contribution in [0.4, 0.5) is 5.69 Å². The summed E-state index contributed by atoms with van der Waals surface area (Å²) in [6.07, 6.45) is 8.82. The Balaban J connectivity index is 1.10. The molecule has 0 saturated carbocycles. The minimum Gasteiger partial charge on any atom is -0.460 e. The SMILES string of the molecule is CC1C=C(C2N=C(c3cccc4ccccc34)c3ccccc3N2)C=C(c2ccc3c(c2)C=C2Oc4ccccc4C2(C)C3)C1. The van der Waals surface area contributed by atoms with E-state index in [1.807, 2.05) is 0 Å². The molecule has 0 saturated heterocycles. The minimum atomic E-state index is -0.169. The molecule has 0 bridgehead atoms. The van der Waals surface area contributed by atoms with E-state index < -0.39 is 0 Å². The highest BCUT2D eigenvalue weighted by molar-refractivity contribution is 6.22. The third kappa shape index (κ3) is 4.22. The van der Waals surface area contributed by atoms with Crippen LogP contribution in [0, 0.1) is 5.92 Å². The Labute approximate surface area is 264 Å². The normalized spacial score (nSPS) is 22.8. The van der Waals surface area contributed by atoms with E-state index in [4.69, 9.17) is 9.73 Å². The summed E-state index contributed by atoms with van der Waals surface area (Å²) in [5.74, 6) is 2.45. The summed E-state index contributed by atoms with van der Waals surface area (Å²) in [6, 6.07) is 39.2. The molecule has 0 spiro atoms. The lowest BCUT2D eigenvalue weighted by molar-refractivity contribution is 0.379. The summed E-state index contributed by atoms with van der Waals surface area (Å²) in [4.78, 5) is 5.43. The van der Waals surface area contributed by atoms with Crippen LogP contribution < -0.4 is 10.1 Å². The highest BCUT2D eigenvalue weighted by Crippen LogP contribution is 2.50. The van der Waals surface area contributed by atoms with E-state index in [2.05, 4.69) is 147 Å². The van der Waals surface area contributed by atoms with Crippen molar-refractivity contribution in [3.05, 3.63) is 166 Å². The Bertz CT molecular complexity index is 2160. The number of aliphatic imine (C=N–C) groups is 1. The van der Waals surface area contributed by atoms with Crippen molar-refractivity contribution in [3.8, 4) is 5.75 Å². The zero-order chi connectivity index (χ0) is 30.1. The molecule has 3 atom stereocenters. The number of benzene rings is 5. The van der Waals surface area contributed by atoms with Crippen molar-refractivity contribution in [2.24, 2.45) is 10.9 Å². The van der Waals surface area contributed by atoms with Crippen LogP contribution >= 0.6 is 0 Å². The molecule has 3 heteroatoms. The molecule has 3 nitrogen and oxygen atoms in total. The number of anilines is 1. The van der Waals surface area contributed by atoms with Crippen molar-refractivity contribution in [1.82, 2.24) is 0 Å². The van der Waals surface area contributed by atoms with E-state index in [9.17, 15) is 0 Å². The lowest BCUT2D eigenvalue weighted by Gasteiger charge is -2.31. The molecule has 0 amide bonds. The van der Waals surface area contributed by atoms with Gasteiger partial charge in [-0.15, -0.1) is 0 Å². The fourth-order valence-corrected chi connectivity index (χ4v) is 7.77. The Morgan fingerprint density at radius 1 is 0.822 bits per heavy atom. The fourth-order valence-electron chi connectivity index (χ4n) is 7.77. The topological polar surface area (TPSA) is 33.6 Å². The van der Waals surface area contributed by atoms with Crippen LogP contribution in [0.3, 0.4) is 0 Å². The summed E-state index contributed by atoms with van der Waals surface area (Å²) in [7, 11) is 0. The molecule has 45 heavy (non-hydrogen) atoms. The van der Waals surface area contributed by atoms with Gasteiger partial charge in [-0.1, -0.05) is 110 Å². The summed E-state index contributed by atoms with van der Waals surface area (Å²) >= 11 is 0. The lowest BCUT2D eigenvalue weighted by Crippen LogP contribution is -2.29. The quantitative estimate of drug-likeness (QED) is 0.230. The Hall–Kier alpha value is -5.15. The molecular weight excluding hydrogens is 548 g/mol. The van der Waals surface area contributed by atoms with Gasteiger partial charge in [-0.2, -0.15) is 0 Å². The fraction of sp³-hybridized carbons (Fsp3) is 0.167. The predicted octanol–water partition coefficient (Wildman–Crippen LogP) is 9.73. The van der Waals surface area contributed by atoms with Crippen molar-refractivity contribution in [1.29, 1.82) is 0 Å². The molecule has 5 aromatic rings. The van der Waals surface area contributed by atoms with E-state index in [0.717, 1.165) is 41.3 Å². The highest BCUT2D eigenvalue weighted by atomic mass is 16.5. The minimum absolute atomic E-state index is 0.109. The zero-order valence-electron chi connectivity index (χ0n) is 25.5. The van der Waals surface area contributed by atoms with Crippen molar-refractivity contribution < 1.29 is 4.74 Å². The van der Waals surface area contributed by atoms with Gasteiger partial charge >= 0.3 is 0 Å². The molecule has 0 aromatic heterocycles. The molecule has 2 aliphatic carbocycles. The van der Waals surface area contributed by atoms with Gasteiger partial charge in [0.15, 0.2) is 0 Å². The first-order valence-corrected chi connectivity index (χ1v) is 16.0. The van der Waals surface area contributed by atoms with Gasteiger partial charge in [0, 0.05) is 22.4 Å². The first-order chi connectivity index (χ1) is 22.0. The molecule has 9 rings (SSSR count). The van der Waals surface area contributed by atoms with Crippen LogP contribution in [0.5, 0.6) is 5.75 Å². The third-order valence-corrected chi connectivity index (χ3v) is 10.0. The standard InChI is InChI=1S/C42H34N2O/c1-26-20-30(28-18-19-29-25-42(2)36-15-6-8-17-38(36)45-39(42)24-31(29)22-28)23-32(21-26)41-43-37-16-7-5-13-35(37)40(44-41)34-14-9-11-27-10-3-4-12-33(27)34/h3-19,21-24,26,41,43H,20,25H2,1-2H3. The monoisotopic (exact) mass is 582 g/mol. The number of hydrogen-bond acceptors (Lipinski definition) is 3. The number of para-hydroxylation sites is 2. The molecular formula is C42H34N2O. The van der Waals surface area contributed by atoms with Gasteiger partial charge < -0.3 is 10.1 Å². The average molecular weight is 583 g/mol. The van der Waals surface area contributed by atoms with Crippen molar-refractivity contribution in [2.45, 2.75) is 38.3 Å². The summed E-state index contributed by atoms with van der Waals surface area (Å²) in [6.45, 7) is 4.63. The molecule has 0 fully saturated rings. The highest BCUT2D eigenvalue weighted by Gasteiger charge is 2.43. The smallest absolute Gasteiger partial charge is 0.145 e. The average Bonchev–Trinajstić information content (AvgIpc) is 3.36. The third-order valence-electron chi connectivity index (χ3n) is 10.0. The van der Waals surface area contributed by atoms with Crippen LogP contribution in [-0.4, -0.2) is 11.9 Å². The second-order valence-electron chi connectivity index (χ2n) is 13.1. The van der Waals surface area contributed by atoms with Crippen molar-refractivity contribution >= 4 is 33.8 Å². The van der Waals surface area contributed by atoms with Crippen LogP contribution in [0.2, 0.25) is 0 Å². The first-order valence-electron chi connectivity index (χ1n) is 16.0. The second kappa shape index (κ2) is 9.93. The molecule has 1 N–H and O–H groups in total. The summed E-state index contributed by atoms with van der Waals surface area (Å²) in [5, 5.41) is 6.22. The molecule has 3 unspecified atom stereocenters. The molecule has 2 aliphatic heterocycles. The summed E-state index contributed by atoms with van der Waals surface area (Å²) < 4.78 is 6.39. The van der Waals surface area contributed by atoms with Crippen LogP contribution in [0.15, 0.2) is 138 Å². The lowest BCUT2D eigenvalue weighted by atomic mass is 9.72. The van der Waals surface area contributed by atoms with Gasteiger partial charge in [-0.05, 0) is 88.6 Å². The molecule has 2 heterocycles. The van der Waals surface area contributed by atoms with Gasteiger partial charge in [0.2, 0.25) is 0 Å². The van der Waals surface area contributed by atoms with Gasteiger partial charge in [-0.3, -0.25) is 4.99 Å². The maximum atomic E-state index is 6.39. The number of fused-ring (bicyclic) bond motifs is 6. The summed E-state index contributed by atoms with van der Waals surface area (Å²) in [5.41, 5.74) is 12.1. The Morgan fingerprint density at radius 2 is 1.62 bits per heavy atom. The van der Waals surface area contributed by atoms with E-state index >= 15 is 0 Å². The molecule has 5 aromatic carbocycles.